The van der Waals surface area contributed by atoms with E-state index in [1.807, 2.05) is 11.8 Å². The van der Waals surface area contributed by atoms with Crippen molar-refractivity contribution in [2.24, 2.45) is 5.92 Å². The van der Waals surface area contributed by atoms with Crippen molar-refractivity contribution in [2.45, 2.75) is 19.1 Å². The smallest absolute Gasteiger partial charge is 0.306 e. The van der Waals surface area contributed by atoms with Gasteiger partial charge < -0.3 is 10.4 Å². The van der Waals surface area contributed by atoms with Crippen molar-refractivity contribution >= 4 is 17.4 Å². The fraction of sp³-hybridized carbons (Fsp3) is 0.727. The minimum absolute atomic E-state index is 0.0526. The van der Waals surface area contributed by atoms with E-state index in [-0.39, 0.29) is 12.2 Å². The molecule has 1 aromatic rings. The number of nitrogens with zero attached hydrogens (tertiary/aromatic N) is 3. The number of rotatable bonds is 7. The lowest BCUT2D eigenvalue weighted by molar-refractivity contribution is -0.385. The molecule has 106 valence electrons. The van der Waals surface area contributed by atoms with Crippen LogP contribution in [0.3, 0.4) is 0 Å². The molecule has 0 bridgehead atoms. The number of nitrogens with one attached hydrogen (secondary N) is 1. The Morgan fingerprint density at radius 1 is 1.74 bits per heavy atom. The van der Waals surface area contributed by atoms with Gasteiger partial charge in [0.15, 0.2) is 0 Å². The molecule has 1 saturated heterocycles. The van der Waals surface area contributed by atoms with E-state index >= 15 is 0 Å². The second-order valence-electron chi connectivity index (χ2n) is 4.72. The molecule has 0 amide bonds. The second kappa shape index (κ2) is 6.88. The van der Waals surface area contributed by atoms with Crippen molar-refractivity contribution in [1.82, 2.24) is 15.1 Å². The first-order valence-electron chi connectivity index (χ1n) is 6.28. The largest absolute Gasteiger partial charge is 0.390 e. The average Bonchev–Trinajstić information content (AvgIpc) is 3.00. The van der Waals surface area contributed by atoms with Crippen LogP contribution in [0.4, 0.5) is 5.69 Å². The summed E-state index contributed by atoms with van der Waals surface area (Å²) in [5.74, 6) is 3.11. The lowest BCUT2D eigenvalue weighted by Gasteiger charge is -2.14. The molecule has 0 spiro atoms. The average molecular weight is 286 g/mol. The molecular weight excluding hydrogens is 268 g/mol. The Bertz CT molecular complexity index is 420. The van der Waals surface area contributed by atoms with Crippen LogP contribution in [0.15, 0.2) is 12.4 Å². The van der Waals surface area contributed by atoms with E-state index in [0.717, 1.165) is 6.54 Å². The Morgan fingerprint density at radius 2 is 2.58 bits per heavy atom. The van der Waals surface area contributed by atoms with Gasteiger partial charge in [-0.3, -0.25) is 14.8 Å². The fourth-order valence-corrected chi connectivity index (χ4v) is 3.31. The fourth-order valence-electron chi connectivity index (χ4n) is 2.03. The molecule has 0 aliphatic carbocycles. The topological polar surface area (TPSA) is 93.2 Å². The number of nitro groups is 1. The molecule has 7 nitrogen and oxygen atoms in total. The van der Waals surface area contributed by atoms with E-state index in [4.69, 9.17) is 0 Å². The first-order chi connectivity index (χ1) is 9.15. The summed E-state index contributed by atoms with van der Waals surface area (Å²) in [5, 5.41) is 27.4. The van der Waals surface area contributed by atoms with E-state index in [2.05, 4.69) is 10.4 Å². The minimum atomic E-state index is -0.589. The number of aliphatic hydroxyl groups excluding tert-OH is 1. The summed E-state index contributed by atoms with van der Waals surface area (Å²) >= 11 is 1.97. The Labute approximate surface area is 115 Å². The zero-order valence-electron chi connectivity index (χ0n) is 10.6. The summed E-state index contributed by atoms with van der Waals surface area (Å²) in [6.07, 6.45) is 3.17. The Kier molecular flexibility index (Phi) is 5.17. The SMILES string of the molecule is O=[N+]([O-])c1cnn(CC(O)CNCC2CCSC2)c1. The van der Waals surface area contributed by atoms with Crippen molar-refractivity contribution in [3.8, 4) is 0 Å². The second-order valence-corrected chi connectivity index (χ2v) is 5.87. The van der Waals surface area contributed by atoms with Crippen LogP contribution in [0.1, 0.15) is 6.42 Å². The number of thioether (sulfide) groups is 1. The number of aliphatic hydroxyl groups is 1. The maximum absolute atomic E-state index is 10.5. The third-order valence-electron chi connectivity index (χ3n) is 3.07. The molecule has 2 N–H and O–H groups in total. The van der Waals surface area contributed by atoms with Gasteiger partial charge in [0.05, 0.1) is 17.6 Å². The van der Waals surface area contributed by atoms with Gasteiger partial charge in [0.1, 0.15) is 12.4 Å². The van der Waals surface area contributed by atoms with Crippen molar-refractivity contribution in [1.29, 1.82) is 0 Å². The monoisotopic (exact) mass is 286 g/mol. The Morgan fingerprint density at radius 3 is 3.21 bits per heavy atom. The molecule has 1 fully saturated rings. The van der Waals surface area contributed by atoms with Crippen molar-refractivity contribution in [2.75, 3.05) is 24.6 Å². The molecule has 1 aromatic heterocycles. The van der Waals surface area contributed by atoms with Gasteiger partial charge in [0.2, 0.25) is 0 Å². The molecule has 1 aliphatic heterocycles. The van der Waals surface area contributed by atoms with Crippen LogP contribution in [0.5, 0.6) is 0 Å². The molecule has 8 heteroatoms. The highest BCUT2D eigenvalue weighted by molar-refractivity contribution is 7.99. The summed E-state index contributed by atoms with van der Waals surface area (Å²) in [7, 11) is 0. The molecule has 0 radical (unpaired) electrons. The van der Waals surface area contributed by atoms with Gasteiger partial charge in [0.25, 0.3) is 0 Å². The zero-order chi connectivity index (χ0) is 13.7. The van der Waals surface area contributed by atoms with Crippen LogP contribution in [-0.2, 0) is 6.54 Å². The highest BCUT2D eigenvalue weighted by Gasteiger charge is 2.16. The Hall–Kier alpha value is -1.12. The summed E-state index contributed by atoms with van der Waals surface area (Å²) in [6, 6.07) is 0. The molecular formula is C11H18N4O3S. The van der Waals surface area contributed by atoms with Gasteiger partial charge >= 0.3 is 5.69 Å². The quantitative estimate of drug-likeness (QED) is 0.560. The lowest BCUT2D eigenvalue weighted by atomic mass is 10.1. The van der Waals surface area contributed by atoms with Crippen molar-refractivity contribution in [3.63, 3.8) is 0 Å². The first kappa shape index (κ1) is 14.3. The van der Waals surface area contributed by atoms with Crippen molar-refractivity contribution in [3.05, 3.63) is 22.5 Å². The normalized spacial score (nSPS) is 20.6. The van der Waals surface area contributed by atoms with Gasteiger partial charge in [-0.05, 0) is 30.4 Å². The summed E-state index contributed by atoms with van der Waals surface area (Å²) < 4.78 is 1.40. The number of hydrogen-bond donors (Lipinski definition) is 2. The van der Waals surface area contributed by atoms with Crippen LogP contribution in [-0.4, -0.2) is 50.5 Å². The van der Waals surface area contributed by atoms with E-state index in [0.29, 0.717) is 12.5 Å². The van der Waals surface area contributed by atoms with Gasteiger partial charge in [0, 0.05) is 6.54 Å². The standard InChI is InChI=1S/C11H18N4O3S/c16-11(5-12-3-9-1-2-19-8-9)7-14-6-10(4-13-14)15(17)18/h4,6,9,11-12,16H,1-3,5,7-8H2. The lowest BCUT2D eigenvalue weighted by Crippen LogP contribution is -2.33. The van der Waals surface area contributed by atoms with Gasteiger partial charge in [-0.2, -0.15) is 16.9 Å². The van der Waals surface area contributed by atoms with E-state index in [9.17, 15) is 15.2 Å². The molecule has 1 aliphatic rings. The third kappa shape index (κ3) is 4.48. The van der Waals surface area contributed by atoms with Crippen LogP contribution < -0.4 is 5.32 Å². The van der Waals surface area contributed by atoms with Crippen LogP contribution in [0.2, 0.25) is 0 Å². The van der Waals surface area contributed by atoms with Crippen molar-refractivity contribution < 1.29 is 10.0 Å². The van der Waals surface area contributed by atoms with Crippen LogP contribution >= 0.6 is 11.8 Å². The summed E-state index contributed by atoms with van der Waals surface area (Å²) in [5.41, 5.74) is -0.0526. The predicted octanol–water partition coefficient (Wildman–Crippen LogP) is 0.495. The number of aromatic nitrogens is 2. The molecule has 2 rings (SSSR count). The van der Waals surface area contributed by atoms with Crippen LogP contribution in [0.25, 0.3) is 0 Å². The zero-order valence-corrected chi connectivity index (χ0v) is 11.4. The maximum Gasteiger partial charge on any atom is 0.306 e. The van der Waals surface area contributed by atoms with Gasteiger partial charge in [-0.25, -0.2) is 0 Å². The Balaban J connectivity index is 1.67. The molecule has 2 unspecified atom stereocenters. The molecule has 2 atom stereocenters. The summed E-state index contributed by atoms with van der Waals surface area (Å²) in [4.78, 5) is 10.0. The maximum atomic E-state index is 10.5. The highest BCUT2D eigenvalue weighted by Crippen LogP contribution is 2.22. The van der Waals surface area contributed by atoms with Crippen LogP contribution in [0, 0.1) is 16.0 Å². The predicted molar refractivity (Wildman–Crippen MR) is 73.2 cm³/mol. The first-order valence-corrected chi connectivity index (χ1v) is 7.44. The van der Waals surface area contributed by atoms with Gasteiger partial charge in [-0.15, -0.1) is 0 Å². The highest BCUT2D eigenvalue weighted by atomic mass is 32.2. The minimum Gasteiger partial charge on any atom is -0.390 e. The summed E-state index contributed by atoms with van der Waals surface area (Å²) in [6.45, 7) is 1.67. The van der Waals surface area contributed by atoms with E-state index < -0.39 is 11.0 Å². The van der Waals surface area contributed by atoms with E-state index in [1.54, 1.807) is 0 Å². The molecule has 0 aromatic carbocycles. The third-order valence-corrected chi connectivity index (χ3v) is 4.30. The molecule has 19 heavy (non-hydrogen) atoms. The number of hydrogen-bond acceptors (Lipinski definition) is 6. The molecule has 0 saturated carbocycles. The molecule has 2 heterocycles. The van der Waals surface area contributed by atoms with Gasteiger partial charge in [-0.1, -0.05) is 0 Å². The van der Waals surface area contributed by atoms with E-state index in [1.165, 1.54) is 35.0 Å².